The Kier molecular flexibility index (Phi) is 4.20. The summed E-state index contributed by atoms with van der Waals surface area (Å²) in [5.41, 5.74) is 1.86. The van der Waals surface area contributed by atoms with Gasteiger partial charge in [0.1, 0.15) is 6.61 Å². The van der Waals surface area contributed by atoms with Gasteiger partial charge in [0, 0.05) is 12.6 Å². The highest BCUT2D eigenvalue weighted by atomic mass is 16.5. The van der Waals surface area contributed by atoms with Gasteiger partial charge in [-0.2, -0.15) is 5.10 Å². The van der Waals surface area contributed by atoms with E-state index in [-0.39, 0.29) is 11.4 Å². The number of carbonyl (C=O) groups is 1. The smallest absolute Gasteiger partial charge is 0.356 e. The third-order valence-electron chi connectivity index (χ3n) is 3.61. The van der Waals surface area contributed by atoms with Gasteiger partial charge in [-0.15, -0.1) is 0 Å². The minimum Gasteiger partial charge on any atom is -0.504 e. The molecule has 1 aromatic heterocycles. The molecular weight excluding hydrogens is 308 g/mol. The minimum atomic E-state index is -1.12. The number of para-hydroxylation sites is 1. The number of rotatable bonds is 5. The average molecular weight is 324 g/mol. The van der Waals surface area contributed by atoms with Crippen LogP contribution in [0.4, 0.5) is 0 Å². The van der Waals surface area contributed by atoms with Crippen LogP contribution in [0.2, 0.25) is 0 Å². The fourth-order valence-corrected chi connectivity index (χ4v) is 2.40. The Balaban J connectivity index is 1.89. The van der Waals surface area contributed by atoms with E-state index >= 15 is 0 Å². The standard InChI is InChI=1S/C18H16N2O4/c1-20-15(10-14(19-20)18(22)23)13-8-5-9-16(17(13)21)24-11-12-6-3-2-4-7-12/h2-10,21H,11H2,1H3,(H,22,23). The van der Waals surface area contributed by atoms with E-state index in [9.17, 15) is 9.90 Å². The number of phenols is 1. The summed E-state index contributed by atoms with van der Waals surface area (Å²) in [4.78, 5) is 11.0. The number of benzene rings is 2. The molecule has 3 aromatic rings. The maximum Gasteiger partial charge on any atom is 0.356 e. The fourth-order valence-electron chi connectivity index (χ4n) is 2.40. The van der Waals surface area contributed by atoms with Gasteiger partial charge in [-0.1, -0.05) is 36.4 Å². The monoisotopic (exact) mass is 324 g/mol. The lowest BCUT2D eigenvalue weighted by atomic mass is 10.1. The molecule has 2 N–H and O–H groups in total. The predicted molar refractivity (Wildman–Crippen MR) is 88.0 cm³/mol. The molecule has 0 aliphatic heterocycles. The highest BCUT2D eigenvalue weighted by molar-refractivity contribution is 5.87. The van der Waals surface area contributed by atoms with E-state index in [1.807, 2.05) is 30.3 Å². The second-order valence-electron chi connectivity index (χ2n) is 5.27. The van der Waals surface area contributed by atoms with Gasteiger partial charge in [0.2, 0.25) is 0 Å². The van der Waals surface area contributed by atoms with Gasteiger partial charge in [-0.25, -0.2) is 4.79 Å². The van der Waals surface area contributed by atoms with Crippen molar-refractivity contribution in [2.45, 2.75) is 6.61 Å². The van der Waals surface area contributed by atoms with Gasteiger partial charge in [0.25, 0.3) is 0 Å². The van der Waals surface area contributed by atoms with E-state index in [1.54, 1.807) is 25.2 Å². The summed E-state index contributed by atoms with van der Waals surface area (Å²) in [6, 6.07) is 16.1. The number of aryl methyl sites for hydroxylation is 1. The molecule has 0 unspecified atom stereocenters. The first-order valence-corrected chi connectivity index (χ1v) is 7.32. The molecule has 6 nitrogen and oxygen atoms in total. The van der Waals surface area contributed by atoms with Gasteiger partial charge in [0.15, 0.2) is 17.2 Å². The molecule has 0 spiro atoms. The molecule has 2 aromatic carbocycles. The Labute approximate surface area is 138 Å². The van der Waals surface area contributed by atoms with Crippen LogP contribution in [0, 0.1) is 0 Å². The minimum absolute atomic E-state index is 0.0478. The van der Waals surface area contributed by atoms with Crippen molar-refractivity contribution in [3.8, 4) is 22.8 Å². The highest BCUT2D eigenvalue weighted by Crippen LogP contribution is 2.37. The van der Waals surface area contributed by atoms with Gasteiger partial charge >= 0.3 is 5.97 Å². The molecule has 0 amide bonds. The summed E-state index contributed by atoms with van der Waals surface area (Å²) in [6.45, 7) is 0.323. The molecule has 6 heteroatoms. The molecule has 3 rings (SSSR count). The lowest BCUT2D eigenvalue weighted by Gasteiger charge is -2.11. The van der Waals surface area contributed by atoms with Gasteiger partial charge in [-0.3, -0.25) is 4.68 Å². The molecule has 0 saturated carbocycles. The lowest BCUT2D eigenvalue weighted by molar-refractivity contribution is 0.0689. The van der Waals surface area contributed by atoms with Crippen LogP contribution in [0.25, 0.3) is 11.3 Å². The zero-order valence-corrected chi connectivity index (χ0v) is 13.0. The topological polar surface area (TPSA) is 84.6 Å². The van der Waals surface area contributed by atoms with E-state index in [0.29, 0.717) is 23.6 Å². The molecule has 0 aliphatic rings. The summed E-state index contributed by atoms with van der Waals surface area (Å²) >= 11 is 0. The Morgan fingerprint density at radius 3 is 2.58 bits per heavy atom. The van der Waals surface area contributed by atoms with Crippen molar-refractivity contribution in [3.05, 3.63) is 65.9 Å². The maximum atomic E-state index is 11.0. The van der Waals surface area contributed by atoms with Crippen LogP contribution in [0.15, 0.2) is 54.6 Å². The van der Waals surface area contributed by atoms with Gasteiger partial charge in [0.05, 0.1) is 5.69 Å². The maximum absolute atomic E-state index is 11.0. The molecular formula is C18H16N2O4. The van der Waals surface area contributed by atoms with Crippen LogP contribution in [0.1, 0.15) is 16.1 Å². The zero-order valence-electron chi connectivity index (χ0n) is 13.0. The van der Waals surface area contributed by atoms with Crippen molar-refractivity contribution in [2.75, 3.05) is 0 Å². The average Bonchev–Trinajstić information content (AvgIpc) is 2.97. The SMILES string of the molecule is Cn1nc(C(=O)O)cc1-c1cccc(OCc2ccccc2)c1O. The van der Waals surface area contributed by atoms with Crippen molar-refractivity contribution in [1.29, 1.82) is 0 Å². The van der Waals surface area contributed by atoms with E-state index in [1.165, 1.54) is 10.7 Å². The molecule has 122 valence electrons. The number of hydrogen-bond donors (Lipinski definition) is 2. The molecule has 0 bridgehead atoms. The fraction of sp³-hybridized carbons (Fsp3) is 0.111. The molecule has 0 atom stereocenters. The quantitative estimate of drug-likeness (QED) is 0.753. The lowest BCUT2D eigenvalue weighted by Crippen LogP contribution is -1.99. The summed E-state index contributed by atoms with van der Waals surface area (Å²) in [5, 5.41) is 23.4. The van der Waals surface area contributed by atoms with Crippen molar-refractivity contribution in [3.63, 3.8) is 0 Å². The summed E-state index contributed by atoms with van der Waals surface area (Å²) in [6.07, 6.45) is 0. The van der Waals surface area contributed by atoms with Gasteiger partial charge in [-0.05, 0) is 23.8 Å². The second kappa shape index (κ2) is 6.45. The van der Waals surface area contributed by atoms with Crippen molar-refractivity contribution >= 4 is 5.97 Å². The number of phenolic OH excluding ortho intramolecular Hbond substituents is 1. The Morgan fingerprint density at radius 2 is 1.92 bits per heavy atom. The summed E-state index contributed by atoms with van der Waals surface area (Å²) < 4.78 is 7.10. The highest BCUT2D eigenvalue weighted by Gasteiger charge is 2.17. The number of aromatic nitrogens is 2. The van der Waals surface area contributed by atoms with E-state index in [2.05, 4.69) is 5.10 Å². The Morgan fingerprint density at radius 1 is 1.17 bits per heavy atom. The summed E-state index contributed by atoms with van der Waals surface area (Å²) in [5.74, 6) is -0.837. The van der Waals surface area contributed by atoms with E-state index in [4.69, 9.17) is 9.84 Å². The van der Waals surface area contributed by atoms with Crippen LogP contribution in [0.3, 0.4) is 0 Å². The Bertz CT molecular complexity index is 872. The third kappa shape index (κ3) is 3.08. The molecule has 0 radical (unpaired) electrons. The van der Waals surface area contributed by atoms with Crippen LogP contribution in [0.5, 0.6) is 11.5 Å². The molecule has 0 aliphatic carbocycles. The van der Waals surface area contributed by atoms with Crippen molar-refractivity contribution < 1.29 is 19.7 Å². The zero-order chi connectivity index (χ0) is 17.1. The van der Waals surface area contributed by atoms with E-state index in [0.717, 1.165) is 5.56 Å². The molecule has 1 heterocycles. The molecule has 24 heavy (non-hydrogen) atoms. The number of aromatic hydroxyl groups is 1. The number of hydrogen-bond acceptors (Lipinski definition) is 4. The first-order valence-electron chi connectivity index (χ1n) is 7.32. The molecule has 0 fully saturated rings. The summed E-state index contributed by atoms with van der Waals surface area (Å²) in [7, 11) is 1.62. The number of nitrogens with zero attached hydrogens (tertiary/aromatic N) is 2. The second-order valence-corrected chi connectivity index (χ2v) is 5.27. The van der Waals surface area contributed by atoms with Gasteiger partial charge < -0.3 is 14.9 Å². The van der Waals surface area contributed by atoms with Crippen LogP contribution in [-0.4, -0.2) is 26.0 Å². The van der Waals surface area contributed by atoms with Crippen LogP contribution < -0.4 is 4.74 Å². The number of carboxylic acids is 1. The van der Waals surface area contributed by atoms with Crippen LogP contribution in [-0.2, 0) is 13.7 Å². The normalized spacial score (nSPS) is 10.5. The Hall–Kier alpha value is -3.28. The predicted octanol–water partition coefficient (Wildman–Crippen LogP) is 3.07. The number of carboxylic acid groups (broad SMARTS) is 1. The van der Waals surface area contributed by atoms with Crippen LogP contribution >= 0.6 is 0 Å². The van der Waals surface area contributed by atoms with E-state index < -0.39 is 5.97 Å². The number of ether oxygens (including phenoxy) is 1. The largest absolute Gasteiger partial charge is 0.504 e. The first kappa shape index (κ1) is 15.6. The number of aromatic carboxylic acids is 1. The van der Waals surface area contributed by atoms with Crippen molar-refractivity contribution in [2.24, 2.45) is 7.05 Å². The third-order valence-corrected chi connectivity index (χ3v) is 3.61. The first-order chi connectivity index (χ1) is 11.6. The van der Waals surface area contributed by atoms with Crippen molar-refractivity contribution in [1.82, 2.24) is 9.78 Å². The molecule has 0 saturated heterocycles.